The minimum Gasteiger partial charge on any atom is -0.478 e. The number of benzene rings is 2. The van der Waals surface area contributed by atoms with E-state index in [1.54, 1.807) is 0 Å². The van der Waals surface area contributed by atoms with Crippen molar-refractivity contribution in [1.29, 1.82) is 0 Å². The van der Waals surface area contributed by atoms with Crippen LogP contribution in [0.15, 0.2) is 47.4 Å². The molecule has 7 heteroatoms. The van der Waals surface area contributed by atoms with Crippen LogP contribution in [-0.4, -0.2) is 19.5 Å². The van der Waals surface area contributed by atoms with Gasteiger partial charge in [-0.05, 0) is 24.3 Å². The van der Waals surface area contributed by atoms with Gasteiger partial charge in [-0.15, -0.1) is 0 Å². The first kappa shape index (κ1) is 15.1. The molecule has 4 nitrogen and oxygen atoms in total. The third-order valence-electron chi connectivity index (χ3n) is 2.83. The molecule has 0 unspecified atom stereocenters. The molecule has 2 rings (SSSR count). The van der Waals surface area contributed by atoms with E-state index in [4.69, 9.17) is 5.11 Å². The molecular formula is C14H10F2O4S. The Kier molecular flexibility index (Phi) is 4.04. The number of hydrogen-bond acceptors (Lipinski definition) is 3. The van der Waals surface area contributed by atoms with Gasteiger partial charge in [-0.25, -0.2) is 22.0 Å². The topological polar surface area (TPSA) is 71.4 Å². The summed E-state index contributed by atoms with van der Waals surface area (Å²) in [5, 5.41) is 8.79. The highest BCUT2D eigenvalue weighted by atomic mass is 32.2. The summed E-state index contributed by atoms with van der Waals surface area (Å²) in [5.41, 5.74) is -0.789. The number of carbonyl (C=O) groups is 1. The first-order chi connectivity index (χ1) is 9.81. The fourth-order valence-corrected chi connectivity index (χ4v) is 3.15. The van der Waals surface area contributed by atoms with Gasteiger partial charge in [0, 0.05) is 5.56 Å². The standard InChI is InChI=1S/C14H10F2O4S/c15-12-4-2-1-3-9(12)8-21(19,20)10-5-6-13(16)11(7-10)14(17)18/h1-7H,8H2,(H,17,18). The first-order valence-corrected chi connectivity index (χ1v) is 7.45. The number of aromatic carboxylic acids is 1. The monoisotopic (exact) mass is 312 g/mol. The van der Waals surface area contributed by atoms with Crippen LogP contribution in [0.3, 0.4) is 0 Å². The number of carboxylic acids is 1. The van der Waals surface area contributed by atoms with E-state index < -0.39 is 38.8 Å². The largest absolute Gasteiger partial charge is 0.478 e. The molecule has 0 aromatic heterocycles. The van der Waals surface area contributed by atoms with Crippen LogP contribution in [0.1, 0.15) is 15.9 Å². The van der Waals surface area contributed by atoms with E-state index in [2.05, 4.69) is 0 Å². The van der Waals surface area contributed by atoms with Crippen LogP contribution in [0.25, 0.3) is 0 Å². The van der Waals surface area contributed by atoms with Gasteiger partial charge < -0.3 is 5.11 Å². The molecule has 21 heavy (non-hydrogen) atoms. The van der Waals surface area contributed by atoms with Crippen molar-refractivity contribution in [1.82, 2.24) is 0 Å². The quantitative estimate of drug-likeness (QED) is 0.881. The maximum absolute atomic E-state index is 13.5. The second kappa shape index (κ2) is 5.61. The zero-order chi connectivity index (χ0) is 15.6. The Morgan fingerprint density at radius 2 is 1.71 bits per heavy atom. The molecular weight excluding hydrogens is 302 g/mol. The molecule has 2 aromatic carbocycles. The van der Waals surface area contributed by atoms with Crippen LogP contribution in [0.5, 0.6) is 0 Å². The summed E-state index contributed by atoms with van der Waals surface area (Å²) >= 11 is 0. The predicted octanol–water partition coefficient (Wildman–Crippen LogP) is 2.64. The maximum atomic E-state index is 13.5. The van der Waals surface area contributed by atoms with E-state index in [-0.39, 0.29) is 10.5 Å². The summed E-state index contributed by atoms with van der Waals surface area (Å²) < 4.78 is 51.1. The van der Waals surface area contributed by atoms with Gasteiger partial charge in [0.15, 0.2) is 9.84 Å². The zero-order valence-corrected chi connectivity index (χ0v) is 11.4. The average molecular weight is 312 g/mol. The Morgan fingerprint density at radius 1 is 1.05 bits per heavy atom. The van der Waals surface area contributed by atoms with Crippen molar-refractivity contribution in [2.75, 3.05) is 0 Å². The molecule has 0 spiro atoms. The highest BCUT2D eigenvalue weighted by molar-refractivity contribution is 7.90. The molecule has 0 heterocycles. The second-order valence-electron chi connectivity index (χ2n) is 4.30. The Labute approximate surface area is 119 Å². The molecule has 0 bridgehead atoms. The molecule has 0 amide bonds. The summed E-state index contributed by atoms with van der Waals surface area (Å²) in [4.78, 5) is 10.4. The fraction of sp³-hybridized carbons (Fsp3) is 0.0714. The minimum absolute atomic E-state index is 0.0429. The van der Waals surface area contributed by atoms with Crippen molar-refractivity contribution < 1.29 is 27.1 Å². The van der Waals surface area contributed by atoms with E-state index in [1.165, 1.54) is 18.2 Å². The number of carboxylic acid groups (broad SMARTS) is 1. The van der Waals surface area contributed by atoms with Gasteiger partial charge in [0.2, 0.25) is 0 Å². The average Bonchev–Trinajstić information content (AvgIpc) is 2.41. The van der Waals surface area contributed by atoms with Gasteiger partial charge in [0.1, 0.15) is 11.6 Å². The summed E-state index contributed by atoms with van der Waals surface area (Å²) in [6.07, 6.45) is 0. The lowest BCUT2D eigenvalue weighted by Crippen LogP contribution is -2.09. The molecule has 0 aliphatic carbocycles. The van der Waals surface area contributed by atoms with Crippen LogP contribution in [0.2, 0.25) is 0 Å². The Balaban J connectivity index is 2.43. The Bertz CT molecular complexity index is 800. The van der Waals surface area contributed by atoms with Crippen LogP contribution in [0, 0.1) is 11.6 Å². The molecule has 0 aliphatic rings. The van der Waals surface area contributed by atoms with E-state index in [0.717, 1.165) is 24.3 Å². The highest BCUT2D eigenvalue weighted by Crippen LogP contribution is 2.21. The lowest BCUT2D eigenvalue weighted by Gasteiger charge is -2.07. The third kappa shape index (κ3) is 3.25. The molecule has 0 radical (unpaired) electrons. The molecule has 0 aliphatic heterocycles. The van der Waals surface area contributed by atoms with Gasteiger partial charge in [0.05, 0.1) is 16.2 Å². The number of rotatable bonds is 4. The number of hydrogen-bond donors (Lipinski definition) is 1. The van der Waals surface area contributed by atoms with Crippen LogP contribution in [0.4, 0.5) is 8.78 Å². The maximum Gasteiger partial charge on any atom is 0.338 e. The highest BCUT2D eigenvalue weighted by Gasteiger charge is 2.21. The normalized spacial score (nSPS) is 11.3. The smallest absolute Gasteiger partial charge is 0.338 e. The molecule has 1 N–H and O–H groups in total. The summed E-state index contributed by atoms with van der Waals surface area (Å²) in [6.45, 7) is 0. The van der Waals surface area contributed by atoms with Crippen molar-refractivity contribution in [3.05, 3.63) is 65.2 Å². The van der Waals surface area contributed by atoms with E-state index in [9.17, 15) is 22.0 Å². The predicted molar refractivity (Wildman–Crippen MR) is 70.6 cm³/mol. The SMILES string of the molecule is O=C(O)c1cc(S(=O)(=O)Cc2ccccc2F)ccc1F. The van der Waals surface area contributed by atoms with Crippen molar-refractivity contribution in [2.24, 2.45) is 0 Å². The van der Waals surface area contributed by atoms with Gasteiger partial charge in [-0.1, -0.05) is 18.2 Å². The molecule has 0 saturated heterocycles. The molecule has 0 atom stereocenters. The van der Waals surface area contributed by atoms with Crippen LogP contribution >= 0.6 is 0 Å². The lowest BCUT2D eigenvalue weighted by atomic mass is 10.2. The van der Waals surface area contributed by atoms with Gasteiger partial charge >= 0.3 is 5.97 Å². The van der Waals surface area contributed by atoms with E-state index >= 15 is 0 Å². The van der Waals surface area contributed by atoms with Gasteiger partial charge in [0.25, 0.3) is 0 Å². The fourth-order valence-electron chi connectivity index (χ4n) is 1.77. The number of halogens is 2. The molecule has 110 valence electrons. The van der Waals surface area contributed by atoms with Crippen molar-refractivity contribution in [2.45, 2.75) is 10.6 Å². The van der Waals surface area contributed by atoms with E-state index in [0.29, 0.717) is 0 Å². The summed E-state index contributed by atoms with van der Waals surface area (Å²) in [6, 6.07) is 7.79. The van der Waals surface area contributed by atoms with Crippen LogP contribution < -0.4 is 0 Å². The molecule has 0 saturated carbocycles. The summed E-state index contributed by atoms with van der Waals surface area (Å²) in [7, 11) is -3.98. The lowest BCUT2D eigenvalue weighted by molar-refractivity contribution is 0.0691. The second-order valence-corrected chi connectivity index (χ2v) is 6.29. The summed E-state index contributed by atoms with van der Waals surface area (Å²) in [5.74, 6) is -3.92. The zero-order valence-electron chi connectivity index (χ0n) is 10.6. The van der Waals surface area contributed by atoms with E-state index in [1.807, 2.05) is 0 Å². The molecule has 2 aromatic rings. The molecule has 0 fully saturated rings. The first-order valence-electron chi connectivity index (χ1n) is 5.80. The van der Waals surface area contributed by atoms with Gasteiger partial charge in [-0.3, -0.25) is 0 Å². The van der Waals surface area contributed by atoms with Gasteiger partial charge in [-0.2, -0.15) is 0 Å². The Morgan fingerprint density at radius 3 is 2.33 bits per heavy atom. The Hall–Kier alpha value is -2.28. The minimum atomic E-state index is -3.98. The van der Waals surface area contributed by atoms with Crippen molar-refractivity contribution in [3.8, 4) is 0 Å². The number of sulfone groups is 1. The van der Waals surface area contributed by atoms with Crippen LogP contribution in [-0.2, 0) is 15.6 Å². The third-order valence-corrected chi connectivity index (χ3v) is 4.49. The van der Waals surface area contributed by atoms with Crippen molar-refractivity contribution in [3.63, 3.8) is 0 Å². The van der Waals surface area contributed by atoms with Crippen molar-refractivity contribution >= 4 is 15.8 Å².